The first kappa shape index (κ1) is 12.7. The summed E-state index contributed by atoms with van der Waals surface area (Å²) in [6.07, 6.45) is -0.129. The van der Waals surface area contributed by atoms with Gasteiger partial charge in [-0.25, -0.2) is 0 Å². The molecule has 0 unspecified atom stereocenters. The van der Waals surface area contributed by atoms with Crippen molar-refractivity contribution in [2.75, 3.05) is 12.4 Å². The molecule has 0 radical (unpaired) electrons. The van der Waals surface area contributed by atoms with Gasteiger partial charge in [-0.3, -0.25) is 9.59 Å². The Morgan fingerprint density at radius 2 is 2.12 bits per heavy atom. The lowest BCUT2D eigenvalue weighted by Crippen LogP contribution is -2.15. The fourth-order valence-electron chi connectivity index (χ4n) is 1.24. The van der Waals surface area contributed by atoms with Crippen LogP contribution < -0.4 is 10.1 Å². The fraction of sp³-hybridized carbons (Fsp3) is 0.273. The first-order valence-corrected chi connectivity index (χ1v) is 5.45. The number of benzene rings is 1. The summed E-state index contributed by atoms with van der Waals surface area (Å²) in [6, 6.07) is 5.29. The molecule has 1 N–H and O–H groups in total. The van der Waals surface area contributed by atoms with Gasteiger partial charge in [-0.05, 0) is 35.0 Å². The zero-order valence-corrected chi connectivity index (χ0v) is 10.6. The third kappa shape index (κ3) is 3.34. The van der Waals surface area contributed by atoms with Gasteiger partial charge >= 0.3 is 0 Å². The van der Waals surface area contributed by atoms with Crippen molar-refractivity contribution in [1.29, 1.82) is 0 Å². The van der Waals surface area contributed by atoms with Crippen LogP contribution in [0.4, 0.5) is 5.69 Å². The van der Waals surface area contributed by atoms with Gasteiger partial charge in [0.1, 0.15) is 5.78 Å². The number of nitrogens with one attached hydrogen (secondary N) is 1. The van der Waals surface area contributed by atoms with Crippen molar-refractivity contribution in [3.63, 3.8) is 0 Å². The number of para-hydroxylation sites is 1. The van der Waals surface area contributed by atoms with Gasteiger partial charge in [0, 0.05) is 0 Å². The normalized spacial score (nSPS) is 9.69. The second kappa shape index (κ2) is 5.65. The van der Waals surface area contributed by atoms with Gasteiger partial charge in [0.2, 0.25) is 5.91 Å². The smallest absolute Gasteiger partial charge is 0.231 e. The molecule has 1 aromatic rings. The first-order chi connectivity index (χ1) is 7.54. The van der Waals surface area contributed by atoms with Crippen LogP contribution >= 0.6 is 15.9 Å². The SMILES string of the molecule is COc1c(Br)cccc1NC(=O)CC(C)=O. The summed E-state index contributed by atoms with van der Waals surface area (Å²) < 4.78 is 5.88. The molecule has 4 nitrogen and oxygen atoms in total. The highest BCUT2D eigenvalue weighted by molar-refractivity contribution is 9.10. The quantitative estimate of drug-likeness (QED) is 0.864. The van der Waals surface area contributed by atoms with Crippen molar-refractivity contribution in [3.8, 4) is 5.75 Å². The number of hydrogen-bond donors (Lipinski definition) is 1. The molecule has 0 atom stereocenters. The first-order valence-electron chi connectivity index (χ1n) is 4.66. The monoisotopic (exact) mass is 285 g/mol. The highest BCUT2D eigenvalue weighted by Crippen LogP contribution is 2.32. The van der Waals surface area contributed by atoms with E-state index in [1.54, 1.807) is 18.2 Å². The predicted octanol–water partition coefficient (Wildman–Crippen LogP) is 2.38. The van der Waals surface area contributed by atoms with Crippen LogP contribution in [0.1, 0.15) is 13.3 Å². The molecule has 0 saturated heterocycles. The summed E-state index contributed by atoms with van der Waals surface area (Å²) >= 11 is 3.30. The highest BCUT2D eigenvalue weighted by atomic mass is 79.9. The molecule has 0 aliphatic rings. The number of ketones is 1. The van der Waals surface area contributed by atoms with E-state index < -0.39 is 0 Å². The minimum atomic E-state index is -0.344. The van der Waals surface area contributed by atoms with Crippen molar-refractivity contribution in [2.24, 2.45) is 0 Å². The number of hydrogen-bond acceptors (Lipinski definition) is 3. The van der Waals surface area contributed by atoms with Gasteiger partial charge in [-0.2, -0.15) is 0 Å². The minimum Gasteiger partial charge on any atom is -0.493 e. The number of rotatable bonds is 4. The molecule has 1 amide bonds. The number of halogens is 1. The summed E-state index contributed by atoms with van der Waals surface area (Å²) in [4.78, 5) is 22.2. The van der Waals surface area contributed by atoms with E-state index >= 15 is 0 Å². The van der Waals surface area contributed by atoms with Crippen LogP contribution in [0.5, 0.6) is 5.75 Å². The molecule has 1 rings (SSSR count). The average molecular weight is 286 g/mol. The Morgan fingerprint density at radius 3 is 2.69 bits per heavy atom. The Morgan fingerprint density at radius 1 is 1.44 bits per heavy atom. The van der Waals surface area contributed by atoms with Crippen LogP contribution in [0, 0.1) is 0 Å². The standard InChI is InChI=1S/C11H12BrNO3/c1-7(14)6-10(15)13-9-5-3-4-8(12)11(9)16-2/h3-5H,6H2,1-2H3,(H,13,15). The summed E-state index contributed by atoms with van der Waals surface area (Å²) in [7, 11) is 1.51. The molecular formula is C11H12BrNO3. The van der Waals surface area contributed by atoms with Crippen LogP contribution in [-0.4, -0.2) is 18.8 Å². The third-order valence-corrected chi connectivity index (χ3v) is 2.48. The minimum absolute atomic E-state index is 0.129. The predicted molar refractivity (Wildman–Crippen MR) is 64.6 cm³/mol. The van der Waals surface area contributed by atoms with E-state index in [2.05, 4.69) is 21.2 Å². The Kier molecular flexibility index (Phi) is 4.49. The lowest BCUT2D eigenvalue weighted by molar-refractivity contribution is -0.124. The van der Waals surface area contributed by atoms with E-state index in [1.807, 2.05) is 0 Å². The van der Waals surface area contributed by atoms with Crippen molar-refractivity contribution < 1.29 is 14.3 Å². The van der Waals surface area contributed by atoms with E-state index in [0.717, 1.165) is 4.47 Å². The summed E-state index contributed by atoms with van der Waals surface area (Å²) in [5.41, 5.74) is 0.545. The summed E-state index contributed by atoms with van der Waals surface area (Å²) in [5, 5.41) is 2.62. The third-order valence-electron chi connectivity index (χ3n) is 1.85. The Bertz CT molecular complexity index is 418. The Labute approximate surface area is 102 Å². The molecular weight excluding hydrogens is 274 g/mol. The summed E-state index contributed by atoms with van der Waals surface area (Å²) in [6.45, 7) is 1.37. The second-order valence-corrected chi connectivity index (χ2v) is 4.10. The molecule has 0 aliphatic carbocycles. The zero-order chi connectivity index (χ0) is 12.1. The number of Topliss-reactive ketones (excluding diaryl/α,β-unsaturated/α-hetero) is 1. The molecule has 0 aromatic heterocycles. The molecule has 0 saturated carbocycles. The maximum absolute atomic E-state index is 11.4. The zero-order valence-electron chi connectivity index (χ0n) is 9.04. The van der Waals surface area contributed by atoms with Gasteiger partial charge in [0.25, 0.3) is 0 Å². The van der Waals surface area contributed by atoms with E-state index in [0.29, 0.717) is 11.4 Å². The molecule has 1 aromatic carbocycles. The van der Waals surface area contributed by atoms with Crippen LogP contribution in [0.3, 0.4) is 0 Å². The van der Waals surface area contributed by atoms with E-state index in [9.17, 15) is 9.59 Å². The Balaban J connectivity index is 2.84. The van der Waals surface area contributed by atoms with Crippen molar-refractivity contribution in [2.45, 2.75) is 13.3 Å². The lowest BCUT2D eigenvalue weighted by atomic mass is 10.2. The van der Waals surface area contributed by atoms with Gasteiger partial charge in [0.15, 0.2) is 5.75 Å². The topological polar surface area (TPSA) is 55.4 Å². The van der Waals surface area contributed by atoms with Gasteiger partial charge in [0.05, 0.1) is 23.7 Å². The number of ether oxygens (including phenoxy) is 1. The van der Waals surface area contributed by atoms with E-state index in [-0.39, 0.29) is 18.1 Å². The average Bonchev–Trinajstić information content (AvgIpc) is 2.16. The van der Waals surface area contributed by atoms with E-state index in [4.69, 9.17) is 4.74 Å². The van der Waals surface area contributed by atoms with Crippen molar-refractivity contribution in [3.05, 3.63) is 22.7 Å². The van der Waals surface area contributed by atoms with Crippen LogP contribution in [0.25, 0.3) is 0 Å². The number of amides is 1. The van der Waals surface area contributed by atoms with Gasteiger partial charge < -0.3 is 10.1 Å². The van der Waals surface area contributed by atoms with Crippen molar-refractivity contribution in [1.82, 2.24) is 0 Å². The fourth-order valence-corrected chi connectivity index (χ4v) is 1.76. The second-order valence-electron chi connectivity index (χ2n) is 3.25. The molecule has 0 spiro atoms. The maximum Gasteiger partial charge on any atom is 0.231 e. The van der Waals surface area contributed by atoms with Crippen molar-refractivity contribution >= 4 is 33.3 Å². The highest BCUT2D eigenvalue weighted by Gasteiger charge is 2.11. The Hall–Kier alpha value is -1.36. The molecule has 5 heteroatoms. The molecule has 0 bridgehead atoms. The van der Waals surface area contributed by atoms with Gasteiger partial charge in [-0.1, -0.05) is 6.07 Å². The largest absolute Gasteiger partial charge is 0.493 e. The number of anilines is 1. The molecule has 86 valence electrons. The van der Waals surface area contributed by atoms with Crippen LogP contribution in [-0.2, 0) is 9.59 Å². The molecule has 0 heterocycles. The van der Waals surface area contributed by atoms with Crippen LogP contribution in [0.15, 0.2) is 22.7 Å². The summed E-state index contributed by atoms with van der Waals surface area (Å²) in [5.74, 6) is 0.0229. The molecule has 0 fully saturated rings. The van der Waals surface area contributed by atoms with Gasteiger partial charge in [-0.15, -0.1) is 0 Å². The lowest BCUT2D eigenvalue weighted by Gasteiger charge is -2.10. The maximum atomic E-state index is 11.4. The number of methoxy groups -OCH3 is 1. The van der Waals surface area contributed by atoms with E-state index in [1.165, 1.54) is 14.0 Å². The molecule has 16 heavy (non-hydrogen) atoms. The number of carbonyl (C=O) groups excluding carboxylic acids is 2. The van der Waals surface area contributed by atoms with Crippen LogP contribution in [0.2, 0.25) is 0 Å². The number of carbonyl (C=O) groups is 2. The molecule has 0 aliphatic heterocycles.